The first-order valence-corrected chi connectivity index (χ1v) is 5.57. The van der Waals surface area contributed by atoms with Gasteiger partial charge in [0.15, 0.2) is 0 Å². The van der Waals surface area contributed by atoms with Crippen LogP contribution in [0.1, 0.15) is 53.4 Å². The molecule has 0 aromatic heterocycles. The lowest BCUT2D eigenvalue weighted by Gasteiger charge is -2.28. The molecule has 2 N–H and O–H groups in total. The Bertz CT molecular complexity index is 117. The van der Waals surface area contributed by atoms with Gasteiger partial charge in [-0.05, 0) is 25.7 Å². The van der Waals surface area contributed by atoms with E-state index in [0.29, 0.717) is 6.04 Å². The summed E-state index contributed by atoms with van der Waals surface area (Å²) in [5, 5.41) is 13.4. The van der Waals surface area contributed by atoms with Crippen LogP contribution in [0.4, 0.5) is 0 Å². The van der Waals surface area contributed by atoms with Gasteiger partial charge in [-0.3, -0.25) is 0 Å². The zero-order chi connectivity index (χ0) is 10.3. The summed E-state index contributed by atoms with van der Waals surface area (Å²) in [6.45, 7) is 9.17. The largest absolute Gasteiger partial charge is 0.389 e. The van der Waals surface area contributed by atoms with E-state index >= 15 is 0 Å². The zero-order valence-corrected chi connectivity index (χ0v) is 9.56. The summed E-state index contributed by atoms with van der Waals surface area (Å²) in [5.74, 6) is 0. The van der Waals surface area contributed by atoms with Gasteiger partial charge in [-0.25, -0.2) is 0 Å². The Balaban J connectivity index is 3.83. The molecule has 2 heteroatoms. The monoisotopic (exact) mass is 187 g/mol. The molecule has 80 valence electrons. The summed E-state index contributed by atoms with van der Waals surface area (Å²) >= 11 is 0. The van der Waals surface area contributed by atoms with Crippen molar-refractivity contribution in [1.29, 1.82) is 0 Å². The van der Waals surface area contributed by atoms with Crippen molar-refractivity contribution in [3.05, 3.63) is 0 Å². The summed E-state index contributed by atoms with van der Waals surface area (Å²) in [5.41, 5.74) is -0.497. The maximum Gasteiger partial charge on any atom is 0.0766 e. The smallest absolute Gasteiger partial charge is 0.0766 e. The average Bonchev–Trinajstić information content (AvgIpc) is 2.19. The molecule has 0 aromatic rings. The van der Waals surface area contributed by atoms with E-state index in [0.717, 1.165) is 32.2 Å². The summed E-state index contributed by atoms with van der Waals surface area (Å²) in [6.07, 6.45) is 3.94. The van der Waals surface area contributed by atoms with Crippen LogP contribution in [0, 0.1) is 0 Å². The first-order valence-electron chi connectivity index (χ1n) is 5.57. The molecular weight excluding hydrogens is 162 g/mol. The molecule has 0 aliphatic rings. The van der Waals surface area contributed by atoms with Crippen molar-refractivity contribution in [3.8, 4) is 0 Å². The molecule has 0 aromatic carbocycles. The van der Waals surface area contributed by atoms with Crippen LogP contribution >= 0.6 is 0 Å². The van der Waals surface area contributed by atoms with Crippen molar-refractivity contribution in [1.82, 2.24) is 5.32 Å². The van der Waals surface area contributed by atoms with Gasteiger partial charge in [-0.1, -0.05) is 27.7 Å². The van der Waals surface area contributed by atoms with E-state index in [2.05, 4.69) is 19.2 Å². The average molecular weight is 187 g/mol. The number of aliphatic hydroxyl groups is 1. The second kappa shape index (κ2) is 6.39. The van der Waals surface area contributed by atoms with Crippen molar-refractivity contribution in [3.63, 3.8) is 0 Å². The molecule has 0 rings (SSSR count). The van der Waals surface area contributed by atoms with E-state index < -0.39 is 5.60 Å². The lowest BCUT2D eigenvalue weighted by Crippen LogP contribution is -2.43. The third-order valence-electron chi connectivity index (χ3n) is 3.02. The molecule has 0 heterocycles. The Morgan fingerprint density at radius 1 is 1.08 bits per heavy atom. The van der Waals surface area contributed by atoms with E-state index in [1.165, 1.54) is 0 Å². The maximum absolute atomic E-state index is 10.0. The van der Waals surface area contributed by atoms with Gasteiger partial charge in [0.2, 0.25) is 0 Å². The predicted octanol–water partition coefficient (Wildman–Crippen LogP) is 2.32. The molecule has 0 spiro atoms. The molecule has 0 fully saturated rings. The highest BCUT2D eigenvalue weighted by Crippen LogP contribution is 2.13. The Hall–Kier alpha value is -0.0800. The third kappa shape index (κ3) is 4.63. The van der Waals surface area contributed by atoms with Crippen LogP contribution in [-0.2, 0) is 0 Å². The van der Waals surface area contributed by atoms with Crippen LogP contribution in [0.25, 0.3) is 0 Å². The van der Waals surface area contributed by atoms with E-state index in [9.17, 15) is 5.11 Å². The predicted molar refractivity (Wildman–Crippen MR) is 57.9 cm³/mol. The topological polar surface area (TPSA) is 32.3 Å². The van der Waals surface area contributed by atoms with Crippen molar-refractivity contribution in [2.75, 3.05) is 6.54 Å². The summed E-state index contributed by atoms with van der Waals surface area (Å²) in [7, 11) is 0. The van der Waals surface area contributed by atoms with Gasteiger partial charge in [0, 0.05) is 12.6 Å². The lowest BCUT2D eigenvalue weighted by molar-refractivity contribution is 0.0296. The standard InChI is InChI=1S/C11H25NO/c1-5-10(6-2)12-9-11(13,7-3)8-4/h10,12-13H,5-9H2,1-4H3. The van der Waals surface area contributed by atoms with E-state index in [-0.39, 0.29) is 0 Å². The van der Waals surface area contributed by atoms with Crippen LogP contribution in [0.15, 0.2) is 0 Å². The van der Waals surface area contributed by atoms with Gasteiger partial charge in [-0.15, -0.1) is 0 Å². The summed E-state index contributed by atoms with van der Waals surface area (Å²) in [6, 6.07) is 0.560. The van der Waals surface area contributed by atoms with Crippen molar-refractivity contribution in [2.45, 2.75) is 65.0 Å². The number of hydrogen-bond acceptors (Lipinski definition) is 2. The molecule has 0 saturated carbocycles. The molecule has 0 atom stereocenters. The molecule has 0 unspecified atom stereocenters. The van der Waals surface area contributed by atoms with Crippen LogP contribution in [0.3, 0.4) is 0 Å². The van der Waals surface area contributed by atoms with E-state index in [4.69, 9.17) is 0 Å². The Kier molecular flexibility index (Phi) is 6.35. The fourth-order valence-corrected chi connectivity index (χ4v) is 1.41. The third-order valence-corrected chi connectivity index (χ3v) is 3.02. The summed E-state index contributed by atoms with van der Waals surface area (Å²) < 4.78 is 0. The minimum Gasteiger partial charge on any atom is -0.389 e. The SMILES string of the molecule is CCC(CC)NCC(O)(CC)CC. The number of nitrogens with one attached hydrogen (secondary N) is 1. The van der Waals surface area contributed by atoms with Gasteiger partial charge in [0.25, 0.3) is 0 Å². The summed E-state index contributed by atoms with van der Waals surface area (Å²) in [4.78, 5) is 0. The van der Waals surface area contributed by atoms with Gasteiger partial charge < -0.3 is 10.4 Å². The van der Waals surface area contributed by atoms with Crippen LogP contribution in [0.2, 0.25) is 0 Å². The van der Waals surface area contributed by atoms with E-state index in [1.807, 2.05) is 13.8 Å². The second-order valence-corrected chi connectivity index (χ2v) is 3.83. The second-order valence-electron chi connectivity index (χ2n) is 3.83. The Morgan fingerprint density at radius 3 is 1.85 bits per heavy atom. The minimum absolute atomic E-state index is 0.497. The quantitative estimate of drug-likeness (QED) is 0.641. The first kappa shape index (κ1) is 12.9. The van der Waals surface area contributed by atoms with Crippen LogP contribution in [-0.4, -0.2) is 23.3 Å². The van der Waals surface area contributed by atoms with Gasteiger partial charge >= 0.3 is 0 Å². The Labute approximate surface area is 82.7 Å². The van der Waals surface area contributed by atoms with Crippen molar-refractivity contribution in [2.24, 2.45) is 0 Å². The molecular formula is C11H25NO. The molecule has 0 saturated heterocycles. The molecule has 0 bridgehead atoms. The molecule has 2 nitrogen and oxygen atoms in total. The highest BCUT2D eigenvalue weighted by atomic mass is 16.3. The van der Waals surface area contributed by atoms with Gasteiger partial charge in [0.1, 0.15) is 0 Å². The zero-order valence-electron chi connectivity index (χ0n) is 9.56. The molecule has 0 amide bonds. The first-order chi connectivity index (χ1) is 6.11. The van der Waals surface area contributed by atoms with E-state index in [1.54, 1.807) is 0 Å². The fraction of sp³-hybridized carbons (Fsp3) is 1.00. The number of hydrogen-bond donors (Lipinski definition) is 2. The highest BCUT2D eigenvalue weighted by molar-refractivity contribution is 4.79. The maximum atomic E-state index is 10.0. The normalized spacial score (nSPS) is 12.5. The molecule has 0 radical (unpaired) electrons. The van der Waals surface area contributed by atoms with Crippen LogP contribution < -0.4 is 5.32 Å². The molecule has 0 aliphatic heterocycles. The van der Waals surface area contributed by atoms with Gasteiger partial charge in [-0.2, -0.15) is 0 Å². The van der Waals surface area contributed by atoms with Crippen molar-refractivity contribution >= 4 is 0 Å². The van der Waals surface area contributed by atoms with Gasteiger partial charge in [0.05, 0.1) is 5.60 Å². The van der Waals surface area contributed by atoms with Crippen LogP contribution in [0.5, 0.6) is 0 Å². The Morgan fingerprint density at radius 2 is 1.54 bits per heavy atom. The molecule has 0 aliphatic carbocycles. The van der Waals surface area contributed by atoms with Crippen molar-refractivity contribution < 1.29 is 5.11 Å². The molecule has 13 heavy (non-hydrogen) atoms. The fourth-order valence-electron chi connectivity index (χ4n) is 1.41. The highest BCUT2D eigenvalue weighted by Gasteiger charge is 2.22. The number of rotatable bonds is 7. The minimum atomic E-state index is -0.497. The lowest BCUT2D eigenvalue weighted by atomic mass is 9.97.